The number of hydrogen-bond donors (Lipinski definition) is 0. The second-order valence-corrected chi connectivity index (χ2v) is 11.8. The molecule has 2 atom stereocenters. The lowest BCUT2D eigenvalue weighted by Gasteiger charge is -2.37. The third kappa shape index (κ3) is 6.36. The molecule has 0 aromatic heterocycles. The molecule has 0 saturated carbocycles. The summed E-state index contributed by atoms with van der Waals surface area (Å²) in [5.74, 6) is 0.0707. The maximum atomic E-state index is 13.4. The van der Waals surface area contributed by atoms with Crippen LogP contribution < -0.4 is 4.74 Å². The molecule has 6 heteroatoms. The summed E-state index contributed by atoms with van der Waals surface area (Å²) in [6, 6.07) is 45.1. The van der Waals surface area contributed by atoms with Gasteiger partial charge in [-0.05, 0) is 42.2 Å². The Labute approximate surface area is 269 Å². The second-order valence-electron chi connectivity index (χ2n) is 11.4. The van der Waals surface area contributed by atoms with E-state index in [0.717, 1.165) is 27.8 Å². The van der Waals surface area contributed by atoms with Crippen molar-refractivity contribution in [2.45, 2.75) is 31.4 Å². The van der Waals surface area contributed by atoms with E-state index in [9.17, 15) is 9.59 Å². The predicted octanol–water partition coefficient (Wildman–Crippen LogP) is 8.48. The topological polar surface area (TPSA) is 55.8 Å². The number of carbonyl (C=O) groups excluding carboxylic acids is 2. The van der Waals surface area contributed by atoms with Crippen LogP contribution in [0.5, 0.6) is 5.75 Å². The van der Waals surface area contributed by atoms with Crippen molar-refractivity contribution >= 4 is 23.6 Å². The number of amides is 2. The second kappa shape index (κ2) is 13.4. The highest BCUT2D eigenvalue weighted by atomic mass is 35.5. The van der Waals surface area contributed by atoms with Gasteiger partial charge in [0.25, 0.3) is 0 Å². The Morgan fingerprint density at radius 1 is 0.800 bits per heavy atom. The summed E-state index contributed by atoms with van der Waals surface area (Å²) >= 11 is 6.86. The monoisotopic (exact) mass is 615 g/mol. The van der Waals surface area contributed by atoms with Gasteiger partial charge in [0, 0.05) is 27.6 Å². The van der Waals surface area contributed by atoms with Crippen LogP contribution in [0, 0.1) is 5.92 Å². The summed E-state index contributed by atoms with van der Waals surface area (Å²) in [5, 5.41) is 0.596. The number of ether oxygens (including phenoxy) is 2. The van der Waals surface area contributed by atoms with E-state index in [4.69, 9.17) is 21.1 Å². The van der Waals surface area contributed by atoms with E-state index in [1.807, 2.05) is 146 Å². The van der Waals surface area contributed by atoms with Gasteiger partial charge >= 0.3 is 6.09 Å². The summed E-state index contributed by atoms with van der Waals surface area (Å²) in [5.41, 5.74) is 3.70. The molecule has 5 aromatic carbocycles. The molecule has 0 unspecified atom stereocenters. The Morgan fingerprint density at radius 3 is 1.96 bits per heavy atom. The summed E-state index contributed by atoms with van der Waals surface area (Å²) in [7, 11) is 0. The van der Waals surface area contributed by atoms with Crippen molar-refractivity contribution in [2.24, 2.45) is 5.92 Å². The van der Waals surface area contributed by atoms with Crippen molar-refractivity contribution in [1.82, 2.24) is 4.90 Å². The fourth-order valence-corrected chi connectivity index (χ4v) is 6.33. The molecule has 0 N–H and O–H groups in total. The minimum atomic E-state index is -1.02. The first-order valence-electron chi connectivity index (χ1n) is 15.1. The fraction of sp³-hybridized carbons (Fsp3) is 0.179. The minimum absolute atomic E-state index is 0.165. The SMILES string of the molecule is C[C@H](Cc1ccccc1)C(=O)N1C(=O)OC[C@@H]1Cc1ccc(OC(c2ccccc2)(c2ccccc2)c2ccccc2Cl)cc1. The van der Waals surface area contributed by atoms with Crippen molar-refractivity contribution < 1.29 is 19.1 Å². The zero-order valence-electron chi connectivity index (χ0n) is 25.0. The fourth-order valence-electron chi connectivity index (χ4n) is 6.06. The summed E-state index contributed by atoms with van der Waals surface area (Å²) in [6.07, 6.45) is 0.446. The van der Waals surface area contributed by atoms with E-state index in [1.54, 1.807) is 0 Å². The van der Waals surface area contributed by atoms with Crippen molar-refractivity contribution in [3.63, 3.8) is 0 Å². The Bertz CT molecular complexity index is 1700. The van der Waals surface area contributed by atoms with Gasteiger partial charge in [-0.2, -0.15) is 0 Å². The molecule has 1 heterocycles. The number of hydrogen-bond acceptors (Lipinski definition) is 4. The number of cyclic esters (lactones) is 1. The predicted molar refractivity (Wildman–Crippen MR) is 176 cm³/mol. The molecule has 0 spiro atoms. The van der Waals surface area contributed by atoms with E-state index >= 15 is 0 Å². The highest BCUT2D eigenvalue weighted by Gasteiger charge is 2.41. The Balaban J connectivity index is 1.27. The van der Waals surface area contributed by atoms with Gasteiger partial charge in [-0.3, -0.25) is 4.79 Å². The van der Waals surface area contributed by atoms with Gasteiger partial charge in [0.15, 0.2) is 5.60 Å². The average molecular weight is 616 g/mol. The van der Waals surface area contributed by atoms with Gasteiger partial charge in [0.1, 0.15) is 12.4 Å². The molecule has 2 amide bonds. The van der Waals surface area contributed by atoms with Crippen LogP contribution in [0.4, 0.5) is 4.79 Å². The molecule has 1 aliphatic heterocycles. The number of benzene rings is 5. The number of rotatable bonds is 10. The lowest BCUT2D eigenvalue weighted by atomic mass is 9.80. The lowest BCUT2D eigenvalue weighted by molar-refractivity contribution is -0.132. The molecule has 1 aliphatic rings. The summed E-state index contributed by atoms with van der Waals surface area (Å²) < 4.78 is 12.4. The van der Waals surface area contributed by atoms with Gasteiger partial charge in [-0.15, -0.1) is 0 Å². The first-order chi connectivity index (χ1) is 22.0. The molecule has 0 bridgehead atoms. The van der Waals surface area contributed by atoms with Crippen molar-refractivity contribution in [3.05, 3.63) is 172 Å². The van der Waals surface area contributed by atoms with Gasteiger partial charge in [-0.1, -0.05) is 140 Å². The van der Waals surface area contributed by atoms with Crippen LogP contribution in [0.1, 0.15) is 34.7 Å². The van der Waals surface area contributed by atoms with E-state index in [2.05, 4.69) is 0 Å². The normalized spacial score (nSPS) is 15.4. The molecule has 5 aromatic rings. The van der Waals surface area contributed by atoms with Crippen LogP contribution >= 0.6 is 11.6 Å². The zero-order chi connectivity index (χ0) is 31.2. The largest absolute Gasteiger partial charge is 0.473 e. The van der Waals surface area contributed by atoms with Crippen molar-refractivity contribution in [2.75, 3.05) is 6.61 Å². The maximum Gasteiger partial charge on any atom is 0.416 e. The maximum absolute atomic E-state index is 13.4. The minimum Gasteiger partial charge on any atom is -0.473 e. The zero-order valence-corrected chi connectivity index (χ0v) is 25.8. The van der Waals surface area contributed by atoms with Gasteiger partial charge in [-0.25, -0.2) is 9.69 Å². The Morgan fingerprint density at radius 2 is 1.36 bits per heavy atom. The average Bonchev–Trinajstić information content (AvgIpc) is 3.44. The third-order valence-electron chi connectivity index (χ3n) is 8.28. The van der Waals surface area contributed by atoms with Crippen molar-refractivity contribution in [1.29, 1.82) is 0 Å². The number of imide groups is 1. The van der Waals surface area contributed by atoms with Crippen LogP contribution in [0.2, 0.25) is 5.02 Å². The molecule has 45 heavy (non-hydrogen) atoms. The first kappa shape index (κ1) is 30.2. The molecule has 1 fully saturated rings. The molecule has 226 valence electrons. The van der Waals surface area contributed by atoms with E-state index in [0.29, 0.717) is 23.6 Å². The molecular formula is C39H34ClNO4. The van der Waals surface area contributed by atoms with Gasteiger partial charge in [0.2, 0.25) is 5.91 Å². The Kier molecular flexibility index (Phi) is 8.99. The number of halogens is 1. The van der Waals surface area contributed by atoms with E-state index in [-0.39, 0.29) is 24.5 Å². The lowest BCUT2D eigenvalue weighted by Crippen LogP contribution is -2.43. The van der Waals surface area contributed by atoms with Crippen LogP contribution in [-0.2, 0) is 28.0 Å². The summed E-state index contributed by atoms with van der Waals surface area (Å²) in [4.78, 5) is 27.4. The van der Waals surface area contributed by atoms with E-state index in [1.165, 1.54) is 4.90 Å². The number of carbonyl (C=O) groups is 2. The smallest absolute Gasteiger partial charge is 0.416 e. The molecule has 0 aliphatic carbocycles. The van der Waals surface area contributed by atoms with Crippen LogP contribution in [0.25, 0.3) is 0 Å². The van der Waals surface area contributed by atoms with Crippen LogP contribution in [0.3, 0.4) is 0 Å². The quantitative estimate of drug-likeness (QED) is 0.148. The van der Waals surface area contributed by atoms with Crippen LogP contribution in [-0.4, -0.2) is 29.5 Å². The first-order valence-corrected chi connectivity index (χ1v) is 15.5. The third-order valence-corrected chi connectivity index (χ3v) is 8.61. The molecule has 0 radical (unpaired) electrons. The molecule has 1 saturated heterocycles. The Hall–Kier alpha value is -4.87. The number of nitrogens with zero attached hydrogens (tertiary/aromatic N) is 1. The summed E-state index contributed by atoms with van der Waals surface area (Å²) in [6.45, 7) is 2.02. The molecule has 6 rings (SSSR count). The van der Waals surface area contributed by atoms with Crippen LogP contribution in [0.15, 0.2) is 140 Å². The van der Waals surface area contributed by atoms with E-state index < -0.39 is 11.7 Å². The molecule has 5 nitrogen and oxygen atoms in total. The highest BCUT2D eigenvalue weighted by Crippen LogP contribution is 2.44. The van der Waals surface area contributed by atoms with Gasteiger partial charge in [0.05, 0.1) is 6.04 Å². The van der Waals surface area contributed by atoms with Crippen molar-refractivity contribution in [3.8, 4) is 5.75 Å². The van der Waals surface area contributed by atoms with Gasteiger partial charge < -0.3 is 9.47 Å². The highest BCUT2D eigenvalue weighted by molar-refractivity contribution is 6.31. The standard InChI is InChI=1S/C39H34ClNO4/c1-28(25-29-13-5-2-6-14-29)37(42)41-33(27-44-38(41)43)26-30-21-23-34(24-22-30)45-39(31-15-7-3-8-16-31,32-17-9-4-10-18-32)35-19-11-12-20-36(35)40/h2-24,28,33H,25-27H2,1H3/t28-,33+/m1/s1. The molecular weight excluding hydrogens is 582 g/mol.